The Morgan fingerprint density at radius 1 is 1.43 bits per heavy atom. The molecular weight excluding hydrogens is 178 g/mol. The SMILES string of the molecule is CCCCCCC(=O)N1CCC(O)C1. The average Bonchev–Trinajstić information content (AvgIpc) is 2.59. The summed E-state index contributed by atoms with van der Waals surface area (Å²) in [7, 11) is 0. The summed E-state index contributed by atoms with van der Waals surface area (Å²) in [5.41, 5.74) is 0. The highest BCUT2D eigenvalue weighted by Crippen LogP contribution is 2.12. The molecule has 1 aliphatic heterocycles. The van der Waals surface area contributed by atoms with E-state index < -0.39 is 0 Å². The van der Waals surface area contributed by atoms with Gasteiger partial charge in [0.25, 0.3) is 0 Å². The Hall–Kier alpha value is -0.570. The van der Waals surface area contributed by atoms with Crippen molar-refractivity contribution in [3.05, 3.63) is 0 Å². The first-order chi connectivity index (χ1) is 6.74. The number of carbonyl (C=O) groups is 1. The summed E-state index contributed by atoms with van der Waals surface area (Å²) in [6.45, 7) is 3.46. The molecule has 0 bridgehead atoms. The number of carbonyl (C=O) groups excluding carboxylic acids is 1. The number of β-amino-alcohol motifs (C(OH)–C–C–N with tert-alkyl or cyclic N) is 1. The first-order valence-electron chi connectivity index (χ1n) is 5.70. The Kier molecular flexibility index (Phi) is 4.94. The van der Waals surface area contributed by atoms with E-state index in [1.54, 1.807) is 4.90 Å². The zero-order valence-electron chi connectivity index (χ0n) is 9.04. The number of amides is 1. The molecule has 1 saturated heterocycles. The molecule has 0 saturated carbocycles. The van der Waals surface area contributed by atoms with Gasteiger partial charge in [-0.3, -0.25) is 4.79 Å². The van der Waals surface area contributed by atoms with Gasteiger partial charge in [0.05, 0.1) is 6.10 Å². The van der Waals surface area contributed by atoms with Crippen LogP contribution in [0, 0.1) is 0 Å². The maximum absolute atomic E-state index is 11.6. The monoisotopic (exact) mass is 199 g/mol. The van der Waals surface area contributed by atoms with Crippen LogP contribution < -0.4 is 0 Å². The number of nitrogens with zero attached hydrogens (tertiary/aromatic N) is 1. The highest BCUT2D eigenvalue weighted by molar-refractivity contribution is 5.76. The van der Waals surface area contributed by atoms with E-state index in [0.29, 0.717) is 13.0 Å². The summed E-state index contributed by atoms with van der Waals surface area (Å²) in [6.07, 6.45) is 5.70. The van der Waals surface area contributed by atoms with Gasteiger partial charge in [0.1, 0.15) is 0 Å². The van der Waals surface area contributed by atoms with E-state index in [4.69, 9.17) is 0 Å². The van der Waals surface area contributed by atoms with Gasteiger partial charge in [-0.1, -0.05) is 26.2 Å². The predicted molar refractivity (Wildman–Crippen MR) is 56.0 cm³/mol. The molecule has 1 heterocycles. The highest BCUT2D eigenvalue weighted by atomic mass is 16.3. The lowest BCUT2D eigenvalue weighted by Gasteiger charge is -2.14. The normalized spacial score (nSPS) is 21.6. The molecular formula is C11H21NO2. The van der Waals surface area contributed by atoms with E-state index in [0.717, 1.165) is 25.8 Å². The molecule has 82 valence electrons. The first kappa shape index (κ1) is 11.5. The zero-order chi connectivity index (χ0) is 10.4. The van der Waals surface area contributed by atoms with E-state index in [-0.39, 0.29) is 12.0 Å². The van der Waals surface area contributed by atoms with Gasteiger partial charge in [0.15, 0.2) is 0 Å². The van der Waals surface area contributed by atoms with Crippen LogP contribution in [-0.2, 0) is 4.79 Å². The van der Waals surface area contributed by atoms with Crippen LogP contribution in [0.1, 0.15) is 45.4 Å². The van der Waals surface area contributed by atoms with Crippen molar-refractivity contribution < 1.29 is 9.90 Å². The van der Waals surface area contributed by atoms with Crippen LogP contribution in [0.4, 0.5) is 0 Å². The fraction of sp³-hybridized carbons (Fsp3) is 0.909. The third-order valence-corrected chi connectivity index (χ3v) is 2.76. The topological polar surface area (TPSA) is 40.5 Å². The van der Waals surface area contributed by atoms with Crippen LogP contribution in [0.15, 0.2) is 0 Å². The largest absolute Gasteiger partial charge is 0.391 e. The Morgan fingerprint density at radius 3 is 2.79 bits per heavy atom. The van der Waals surface area contributed by atoms with Gasteiger partial charge in [0, 0.05) is 19.5 Å². The second kappa shape index (κ2) is 6.02. The molecule has 1 unspecified atom stereocenters. The molecule has 3 nitrogen and oxygen atoms in total. The third-order valence-electron chi connectivity index (χ3n) is 2.76. The minimum atomic E-state index is -0.283. The summed E-state index contributed by atoms with van der Waals surface area (Å²) in [4.78, 5) is 13.4. The van der Waals surface area contributed by atoms with Crippen LogP contribution >= 0.6 is 0 Å². The Morgan fingerprint density at radius 2 is 2.21 bits per heavy atom. The summed E-state index contributed by atoms with van der Waals surface area (Å²) in [6, 6.07) is 0. The second-order valence-electron chi connectivity index (χ2n) is 4.09. The van der Waals surface area contributed by atoms with E-state index in [1.807, 2.05) is 0 Å². The lowest BCUT2D eigenvalue weighted by Crippen LogP contribution is -2.29. The lowest BCUT2D eigenvalue weighted by atomic mass is 10.1. The summed E-state index contributed by atoms with van der Waals surface area (Å²) in [5.74, 6) is 0.220. The minimum absolute atomic E-state index is 0.220. The van der Waals surface area contributed by atoms with Crippen LogP contribution in [-0.4, -0.2) is 35.1 Å². The molecule has 1 atom stereocenters. The molecule has 1 aliphatic rings. The third kappa shape index (κ3) is 3.66. The predicted octanol–water partition coefficient (Wildman–Crippen LogP) is 1.55. The lowest BCUT2D eigenvalue weighted by molar-refractivity contribution is -0.130. The molecule has 0 aliphatic carbocycles. The van der Waals surface area contributed by atoms with E-state index in [1.165, 1.54) is 12.8 Å². The molecule has 1 fully saturated rings. The fourth-order valence-corrected chi connectivity index (χ4v) is 1.83. The summed E-state index contributed by atoms with van der Waals surface area (Å²) in [5, 5.41) is 9.26. The van der Waals surface area contributed by atoms with Crippen LogP contribution in [0.3, 0.4) is 0 Å². The Bertz CT molecular complexity index is 182. The van der Waals surface area contributed by atoms with Gasteiger partial charge in [-0.25, -0.2) is 0 Å². The molecule has 1 amide bonds. The summed E-state index contributed by atoms with van der Waals surface area (Å²) < 4.78 is 0. The summed E-state index contributed by atoms with van der Waals surface area (Å²) >= 11 is 0. The maximum atomic E-state index is 11.6. The zero-order valence-corrected chi connectivity index (χ0v) is 9.04. The van der Waals surface area contributed by atoms with Gasteiger partial charge in [-0.05, 0) is 12.8 Å². The molecule has 1 N–H and O–H groups in total. The minimum Gasteiger partial charge on any atom is -0.391 e. The Balaban J connectivity index is 2.09. The first-order valence-corrected chi connectivity index (χ1v) is 5.70. The number of aliphatic hydroxyl groups is 1. The van der Waals surface area contributed by atoms with Crippen molar-refractivity contribution in [2.75, 3.05) is 13.1 Å². The molecule has 0 aromatic heterocycles. The number of rotatable bonds is 5. The van der Waals surface area contributed by atoms with Crippen molar-refractivity contribution in [1.82, 2.24) is 4.90 Å². The molecule has 14 heavy (non-hydrogen) atoms. The number of hydrogen-bond donors (Lipinski definition) is 1. The van der Waals surface area contributed by atoms with Gasteiger partial charge in [-0.15, -0.1) is 0 Å². The van der Waals surface area contributed by atoms with E-state index in [9.17, 15) is 9.90 Å². The number of likely N-dealkylation sites (tertiary alicyclic amines) is 1. The van der Waals surface area contributed by atoms with Crippen molar-refractivity contribution in [3.8, 4) is 0 Å². The van der Waals surface area contributed by atoms with Crippen LogP contribution in [0.2, 0.25) is 0 Å². The van der Waals surface area contributed by atoms with Gasteiger partial charge < -0.3 is 10.0 Å². The van der Waals surface area contributed by atoms with Crippen molar-refractivity contribution in [1.29, 1.82) is 0 Å². The molecule has 0 radical (unpaired) electrons. The molecule has 3 heteroatoms. The van der Waals surface area contributed by atoms with Gasteiger partial charge in [-0.2, -0.15) is 0 Å². The maximum Gasteiger partial charge on any atom is 0.222 e. The quantitative estimate of drug-likeness (QED) is 0.682. The average molecular weight is 199 g/mol. The standard InChI is InChI=1S/C11H21NO2/c1-2-3-4-5-6-11(14)12-8-7-10(13)9-12/h10,13H,2-9H2,1H3. The number of hydrogen-bond acceptors (Lipinski definition) is 2. The second-order valence-corrected chi connectivity index (χ2v) is 4.09. The van der Waals surface area contributed by atoms with Crippen LogP contribution in [0.25, 0.3) is 0 Å². The van der Waals surface area contributed by atoms with Crippen molar-refractivity contribution in [2.45, 2.75) is 51.6 Å². The van der Waals surface area contributed by atoms with Crippen molar-refractivity contribution in [3.63, 3.8) is 0 Å². The fourth-order valence-electron chi connectivity index (χ4n) is 1.83. The van der Waals surface area contributed by atoms with Gasteiger partial charge >= 0.3 is 0 Å². The molecule has 1 rings (SSSR count). The van der Waals surface area contributed by atoms with E-state index in [2.05, 4.69) is 6.92 Å². The molecule has 0 aromatic rings. The van der Waals surface area contributed by atoms with Gasteiger partial charge in [0.2, 0.25) is 5.91 Å². The number of unbranched alkanes of at least 4 members (excludes halogenated alkanes) is 3. The highest BCUT2D eigenvalue weighted by Gasteiger charge is 2.23. The van der Waals surface area contributed by atoms with E-state index >= 15 is 0 Å². The number of aliphatic hydroxyl groups excluding tert-OH is 1. The Labute approximate surface area is 86.1 Å². The van der Waals surface area contributed by atoms with Crippen molar-refractivity contribution in [2.24, 2.45) is 0 Å². The molecule has 0 aromatic carbocycles. The smallest absolute Gasteiger partial charge is 0.222 e. The molecule has 0 spiro atoms. The van der Waals surface area contributed by atoms with Crippen LogP contribution in [0.5, 0.6) is 0 Å². The van der Waals surface area contributed by atoms with Crippen molar-refractivity contribution >= 4 is 5.91 Å².